The minimum absolute atomic E-state index is 0.0197. The van der Waals surface area contributed by atoms with Gasteiger partial charge in [-0.1, -0.05) is 6.07 Å². The van der Waals surface area contributed by atoms with Gasteiger partial charge in [-0.05, 0) is 55.7 Å². The minimum atomic E-state index is -1.49. The van der Waals surface area contributed by atoms with Gasteiger partial charge in [0.05, 0.1) is 12.3 Å². The van der Waals surface area contributed by atoms with Crippen LogP contribution in [0.15, 0.2) is 40.8 Å². The number of nitrogen functional groups attached to an aromatic ring is 1. The molecule has 0 spiro atoms. The Bertz CT molecular complexity index is 1270. The number of ether oxygens (including phenoxy) is 1. The van der Waals surface area contributed by atoms with Gasteiger partial charge in [0.2, 0.25) is 0 Å². The summed E-state index contributed by atoms with van der Waals surface area (Å²) in [6.07, 6.45) is 0. The number of nitrogens with zero attached hydrogens (tertiary/aromatic N) is 2. The second-order valence-corrected chi connectivity index (χ2v) is 7.94. The van der Waals surface area contributed by atoms with E-state index in [1.165, 1.54) is 18.2 Å². The quantitative estimate of drug-likeness (QED) is 0.372. The molecule has 2 heterocycles. The second kappa shape index (κ2) is 10.8. The highest BCUT2D eigenvalue weighted by Crippen LogP contribution is 2.34. The van der Waals surface area contributed by atoms with Crippen molar-refractivity contribution in [3.8, 4) is 0 Å². The lowest BCUT2D eigenvalue weighted by molar-refractivity contribution is -0.143. The van der Waals surface area contributed by atoms with Crippen LogP contribution in [-0.2, 0) is 14.3 Å². The third-order valence-electron chi connectivity index (χ3n) is 4.71. The number of esters is 1. The molecule has 3 amide bonds. The van der Waals surface area contributed by atoms with E-state index in [1.807, 2.05) is 0 Å². The van der Waals surface area contributed by atoms with E-state index in [0.29, 0.717) is 17.3 Å². The first-order chi connectivity index (χ1) is 16.6. The van der Waals surface area contributed by atoms with Crippen molar-refractivity contribution >= 4 is 46.6 Å². The second-order valence-electron chi connectivity index (χ2n) is 7.17. The number of primary amides is 1. The van der Waals surface area contributed by atoms with E-state index < -0.39 is 42.1 Å². The molecule has 0 aliphatic heterocycles. The fourth-order valence-corrected chi connectivity index (χ4v) is 3.93. The Balaban J connectivity index is 2.13. The number of aromatic nitrogens is 1. The number of anilines is 2. The first-order valence-corrected chi connectivity index (χ1v) is 11.0. The Hall–Kier alpha value is -4.26. The van der Waals surface area contributed by atoms with Crippen molar-refractivity contribution in [2.24, 2.45) is 5.73 Å². The van der Waals surface area contributed by atoms with E-state index in [9.17, 15) is 23.6 Å². The fraction of sp³-hybridized carbons (Fsp3) is 0.227. The van der Waals surface area contributed by atoms with Gasteiger partial charge in [0.1, 0.15) is 28.8 Å². The predicted octanol–water partition coefficient (Wildman–Crippen LogP) is 1.93. The zero-order chi connectivity index (χ0) is 25.7. The summed E-state index contributed by atoms with van der Waals surface area (Å²) in [6.45, 7) is 2.86. The smallest absolute Gasteiger partial charge is 0.325 e. The number of furan rings is 1. The fourth-order valence-electron chi connectivity index (χ4n) is 3.19. The molecule has 11 nitrogen and oxygen atoms in total. The average molecular weight is 504 g/mol. The molecule has 0 radical (unpaired) electrons. The van der Waals surface area contributed by atoms with Gasteiger partial charge in [0.25, 0.3) is 17.7 Å². The molecule has 0 unspecified atom stereocenters. The number of benzene rings is 1. The van der Waals surface area contributed by atoms with Gasteiger partial charge in [-0.25, -0.2) is 4.39 Å². The molecule has 1 aromatic carbocycles. The summed E-state index contributed by atoms with van der Waals surface area (Å²) in [5.41, 5.74) is 10.6. The van der Waals surface area contributed by atoms with Crippen LogP contribution in [0.1, 0.15) is 44.6 Å². The Morgan fingerprint density at radius 3 is 2.57 bits per heavy atom. The molecule has 184 valence electrons. The molecule has 3 rings (SSSR count). The van der Waals surface area contributed by atoms with E-state index in [2.05, 4.69) is 9.69 Å². The summed E-state index contributed by atoms with van der Waals surface area (Å²) < 4.78 is 28.5. The van der Waals surface area contributed by atoms with E-state index in [0.717, 1.165) is 17.0 Å². The van der Waals surface area contributed by atoms with Crippen molar-refractivity contribution in [1.29, 1.82) is 0 Å². The summed E-state index contributed by atoms with van der Waals surface area (Å²) in [5, 5.41) is 2.41. The predicted molar refractivity (Wildman–Crippen MR) is 124 cm³/mol. The molecule has 0 saturated carbocycles. The van der Waals surface area contributed by atoms with E-state index in [4.69, 9.17) is 20.6 Å². The number of halogens is 1. The SMILES string of the molecule is CCOC(=O)CNC(=O)[C@@H](c1ccc(C)o1)N(C(=O)c1snc(C(N)=O)c1N)c1cccc(F)c1. The molecule has 5 N–H and O–H groups in total. The highest BCUT2D eigenvalue weighted by Gasteiger charge is 2.38. The van der Waals surface area contributed by atoms with Crippen LogP contribution >= 0.6 is 11.5 Å². The summed E-state index contributed by atoms with van der Waals surface area (Å²) in [6, 6.07) is 6.48. The maximum absolute atomic E-state index is 14.2. The first-order valence-electron chi connectivity index (χ1n) is 10.3. The standard InChI is InChI=1S/C22H22FN5O6S/c1-3-33-15(29)10-26-21(31)18(14-8-7-11(2)34-14)28(13-6-4-5-12(23)9-13)22(32)19-16(24)17(20(25)30)27-35-19/h4-9,18H,3,10,24H2,1-2H3,(H2,25,30)(H,26,31)/t18-/m1/s1. The third-order valence-corrected chi connectivity index (χ3v) is 5.56. The number of amides is 3. The zero-order valence-electron chi connectivity index (χ0n) is 18.7. The number of rotatable bonds is 9. The number of aryl methyl sites for hydroxylation is 1. The molecule has 1 atom stereocenters. The van der Waals surface area contributed by atoms with Gasteiger partial charge >= 0.3 is 5.97 Å². The van der Waals surface area contributed by atoms with E-state index >= 15 is 0 Å². The first kappa shape index (κ1) is 25.4. The molecule has 0 fully saturated rings. The molecular formula is C22H22FN5O6S. The Labute approximate surface area is 203 Å². The van der Waals surface area contributed by atoms with E-state index in [-0.39, 0.29) is 34.3 Å². The Morgan fingerprint density at radius 1 is 1.26 bits per heavy atom. The maximum Gasteiger partial charge on any atom is 0.325 e. The van der Waals surface area contributed by atoms with Crippen molar-refractivity contribution in [2.75, 3.05) is 23.8 Å². The number of carbonyl (C=O) groups excluding carboxylic acids is 4. The molecule has 0 aliphatic rings. The number of hydrogen-bond acceptors (Lipinski definition) is 9. The van der Waals surface area contributed by atoms with Crippen LogP contribution in [0, 0.1) is 12.7 Å². The van der Waals surface area contributed by atoms with Crippen LogP contribution in [0.5, 0.6) is 0 Å². The van der Waals surface area contributed by atoms with Gasteiger partial charge in [-0.15, -0.1) is 0 Å². The third kappa shape index (κ3) is 5.63. The van der Waals surface area contributed by atoms with Crippen molar-refractivity contribution in [1.82, 2.24) is 9.69 Å². The Morgan fingerprint density at radius 2 is 2.00 bits per heavy atom. The number of nitrogens with two attached hydrogens (primary N) is 2. The molecule has 13 heteroatoms. The van der Waals surface area contributed by atoms with Gasteiger partial charge in [0.15, 0.2) is 11.7 Å². The summed E-state index contributed by atoms with van der Waals surface area (Å²) in [7, 11) is 0. The summed E-state index contributed by atoms with van der Waals surface area (Å²) >= 11 is 0.597. The van der Waals surface area contributed by atoms with Crippen LogP contribution in [0.4, 0.5) is 15.8 Å². The Kier molecular flexibility index (Phi) is 7.81. The zero-order valence-corrected chi connectivity index (χ0v) is 19.6. The molecule has 2 aromatic heterocycles. The molecule has 0 saturated heterocycles. The van der Waals surface area contributed by atoms with Crippen molar-refractivity contribution < 1.29 is 32.7 Å². The van der Waals surface area contributed by atoms with Crippen molar-refractivity contribution in [3.63, 3.8) is 0 Å². The van der Waals surface area contributed by atoms with Crippen LogP contribution in [0.2, 0.25) is 0 Å². The van der Waals surface area contributed by atoms with E-state index in [1.54, 1.807) is 19.9 Å². The van der Waals surface area contributed by atoms with Crippen LogP contribution in [0.25, 0.3) is 0 Å². The highest BCUT2D eigenvalue weighted by atomic mass is 32.1. The van der Waals surface area contributed by atoms with Crippen LogP contribution < -0.4 is 21.7 Å². The maximum atomic E-state index is 14.2. The molecule has 0 bridgehead atoms. The normalized spacial score (nSPS) is 11.5. The topological polar surface area (TPSA) is 171 Å². The number of carbonyl (C=O) groups is 4. The lowest BCUT2D eigenvalue weighted by Crippen LogP contribution is -2.45. The highest BCUT2D eigenvalue weighted by molar-refractivity contribution is 7.09. The van der Waals surface area contributed by atoms with Crippen LogP contribution in [-0.4, -0.2) is 41.2 Å². The largest absolute Gasteiger partial charge is 0.465 e. The molecule has 0 aliphatic carbocycles. The van der Waals surface area contributed by atoms with Crippen molar-refractivity contribution in [3.05, 3.63) is 64.3 Å². The van der Waals surface area contributed by atoms with Crippen molar-refractivity contribution in [2.45, 2.75) is 19.9 Å². The van der Waals surface area contributed by atoms with Gasteiger partial charge in [-0.2, -0.15) is 4.37 Å². The van der Waals surface area contributed by atoms with Crippen LogP contribution in [0.3, 0.4) is 0 Å². The molecule has 3 aromatic rings. The van der Waals surface area contributed by atoms with Gasteiger partial charge in [-0.3, -0.25) is 24.1 Å². The minimum Gasteiger partial charge on any atom is -0.465 e. The number of nitrogens with one attached hydrogen (secondary N) is 1. The van der Waals surface area contributed by atoms with Gasteiger partial charge in [0, 0.05) is 5.69 Å². The monoisotopic (exact) mass is 503 g/mol. The average Bonchev–Trinajstić information content (AvgIpc) is 3.40. The molecule has 35 heavy (non-hydrogen) atoms. The van der Waals surface area contributed by atoms with Gasteiger partial charge < -0.3 is 25.9 Å². The lowest BCUT2D eigenvalue weighted by Gasteiger charge is -2.29. The summed E-state index contributed by atoms with van der Waals surface area (Å²) in [5.74, 6) is -3.55. The number of hydrogen-bond donors (Lipinski definition) is 3. The molecular weight excluding hydrogens is 481 g/mol. The summed E-state index contributed by atoms with van der Waals surface area (Å²) in [4.78, 5) is 51.2. The lowest BCUT2D eigenvalue weighted by atomic mass is 10.1.